The summed E-state index contributed by atoms with van der Waals surface area (Å²) in [5.41, 5.74) is -0.199. The number of hydrogen-bond donors (Lipinski definition) is 3. The molecule has 1 aromatic heterocycles. The zero-order valence-electron chi connectivity index (χ0n) is 9.40. The molecule has 8 heteroatoms. The Morgan fingerprint density at radius 1 is 1.26 bits per heavy atom. The van der Waals surface area contributed by atoms with E-state index < -0.39 is 21.7 Å². The van der Waals surface area contributed by atoms with Gasteiger partial charge in [0.15, 0.2) is 0 Å². The van der Waals surface area contributed by atoms with E-state index in [1.807, 2.05) is 0 Å². The summed E-state index contributed by atoms with van der Waals surface area (Å²) in [6, 6.07) is 6.50. The number of phenols is 1. The quantitative estimate of drug-likeness (QED) is 0.800. The van der Waals surface area contributed by atoms with Gasteiger partial charge >= 0.3 is 5.97 Å². The molecule has 0 atom stereocenters. The summed E-state index contributed by atoms with van der Waals surface area (Å²) in [4.78, 5) is 10.7. The number of carboxylic acids is 1. The second kappa shape index (κ2) is 4.90. The number of aromatic carboxylic acids is 1. The first-order valence-electron chi connectivity index (χ1n) is 5.03. The third-order valence-corrected chi connectivity index (χ3v) is 5.02. The number of carboxylic acid groups (broad SMARTS) is 1. The lowest BCUT2D eigenvalue weighted by molar-refractivity contribution is 0.0694. The number of benzene rings is 1. The molecule has 2 aromatic rings. The summed E-state index contributed by atoms with van der Waals surface area (Å²) in [5.74, 6) is -1.79. The van der Waals surface area contributed by atoms with Crippen LogP contribution in [0.4, 0.5) is 5.69 Å². The highest BCUT2D eigenvalue weighted by Crippen LogP contribution is 2.25. The molecule has 100 valence electrons. The smallest absolute Gasteiger partial charge is 0.339 e. The van der Waals surface area contributed by atoms with Crippen LogP contribution < -0.4 is 4.72 Å². The normalized spacial score (nSPS) is 11.2. The Hall–Kier alpha value is -2.06. The van der Waals surface area contributed by atoms with Gasteiger partial charge in [0.05, 0.1) is 5.69 Å². The number of nitrogens with one attached hydrogen (secondary N) is 1. The summed E-state index contributed by atoms with van der Waals surface area (Å²) in [7, 11) is -3.71. The molecule has 0 fully saturated rings. The van der Waals surface area contributed by atoms with Gasteiger partial charge in [-0.25, -0.2) is 13.2 Å². The van der Waals surface area contributed by atoms with E-state index in [9.17, 15) is 18.3 Å². The topological polar surface area (TPSA) is 104 Å². The van der Waals surface area contributed by atoms with Crippen molar-refractivity contribution in [3.63, 3.8) is 0 Å². The van der Waals surface area contributed by atoms with Gasteiger partial charge in [-0.1, -0.05) is 6.07 Å². The Labute approximate surface area is 113 Å². The first-order chi connectivity index (χ1) is 8.90. The van der Waals surface area contributed by atoms with E-state index in [0.29, 0.717) is 0 Å². The Kier molecular flexibility index (Phi) is 3.45. The number of thiophene rings is 1. The van der Waals surface area contributed by atoms with E-state index in [2.05, 4.69) is 4.72 Å². The van der Waals surface area contributed by atoms with Crippen LogP contribution in [-0.2, 0) is 10.0 Å². The number of sulfonamides is 1. The van der Waals surface area contributed by atoms with Crippen LogP contribution in [0.15, 0.2) is 39.9 Å². The van der Waals surface area contributed by atoms with Crippen molar-refractivity contribution in [1.29, 1.82) is 0 Å². The summed E-state index contributed by atoms with van der Waals surface area (Å²) in [6.45, 7) is 0. The molecular weight excluding hydrogens is 290 g/mol. The molecule has 3 N–H and O–H groups in total. The van der Waals surface area contributed by atoms with Gasteiger partial charge in [0.25, 0.3) is 10.0 Å². The highest BCUT2D eigenvalue weighted by molar-refractivity contribution is 7.94. The van der Waals surface area contributed by atoms with Crippen LogP contribution in [0.1, 0.15) is 10.4 Å². The molecule has 19 heavy (non-hydrogen) atoms. The van der Waals surface area contributed by atoms with Crippen molar-refractivity contribution in [3.8, 4) is 5.75 Å². The summed E-state index contributed by atoms with van der Waals surface area (Å²) in [5, 5.41) is 19.8. The van der Waals surface area contributed by atoms with E-state index in [1.54, 1.807) is 11.4 Å². The number of anilines is 1. The third-order valence-electron chi connectivity index (χ3n) is 2.24. The molecule has 0 radical (unpaired) electrons. The Bertz CT molecular complexity index is 707. The van der Waals surface area contributed by atoms with Gasteiger partial charge in [-0.3, -0.25) is 4.72 Å². The predicted octanol–water partition coefficient (Wildman–Crippen LogP) is 1.95. The molecule has 2 rings (SSSR count). The minimum Gasteiger partial charge on any atom is -0.507 e. The fourth-order valence-electron chi connectivity index (χ4n) is 1.40. The number of carbonyl (C=O) groups is 1. The molecule has 1 heterocycles. The van der Waals surface area contributed by atoms with E-state index >= 15 is 0 Å². The average Bonchev–Trinajstić information content (AvgIpc) is 2.81. The van der Waals surface area contributed by atoms with Crippen LogP contribution >= 0.6 is 11.3 Å². The number of rotatable bonds is 4. The fraction of sp³-hybridized carbons (Fsp3) is 0. The van der Waals surface area contributed by atoms with Crippen molar-refractivity contribution in [2.24, 2.45) is 0 Å². The maximum absolute atomic E-state index is 11.9. The SMILES string of the molecule is O=C(O)c1ccc(NS(=O)(=O)c2cccs2)cc1O. The molecule has 6 nitrogen and oxygen atoms in total. The second-order valence-corrected chi connectivity index (χ2v) is 6.43. The van der Waals surface area contributed by atoms with E-state index in [0.717, 1.165) is 23.5 Å². The van der Waals surface area contributed by atoms with Crippen LogP contribution in [-0.4, -0.2) is 24.6 Å². The van der Waals surface area contributed by atoms with Crippen LogP contribution in [0.5, 0.6) is 5.75 Å². The first-order valence-corrected chi connectivity index (χ1v) is 7.39. The van der Waals surface area contributed by atoms with Crippen molar-refractivity contribution >= 4 is 33.0 Å². The molecular formula is C11H9NO5S2. The van der Waals surface area contributed by atoms with Crippen LogP contribution in [0, 0.1) is 0 Å². The summed E-state index contributed by atoms with van der Waals surface area (Å²) < 4.78 is 26.2. The van der Waals surface area contributed by atoms with Gasteiger partial charge in [0.2, 0.25) is 0 Å². The Morgan fingerprint density at radius 3 is 2.53 bits per heavy atom. The van der Waals surface area contributed by atoms with Gasteiger partial charge in [-0.05, 0) is 23.6 Å². The summed E-state index contributed by atoms with van der Waals surface area (Å²) >= 11 is 1.05. The van der Waals surface area contributed by atoms with Crippen molar-refractivity contribution in [2.45, 2.75) is 4.21 Å². The second-order valence-electron chi connectivity index (χ2n) is 3.57. The fourth-order valence-corrected chi connectivity index (χ4v) is 3.44. The zero-order chi connectivity index (χ0) is 14.0. The Balaban J connectivity index is 2.30. The van der Waals surface area contributed by atoms with Crippen molar-refractivity contribution in [1.82, 2.24) is 0 Å². The van der Waals surface area contributed by atoms with Crippen molar-refractivity contribution < 1.29 is 23.4 Å². The van der Waals surface area contributed by atoms with E-state index in [-0.39, 0.29) is 15.5 Å². The minimum absolute atomic E-state index is 0.0934. The molecule has 0 saturated heterocycles. The zero-order valence-corrected chi connectivity index (χ0v) is 11.0. The van der Waals surface area contributed by atoms with Crippen molar-refractivity contribution in [2.75, 3.05) is 4.72 Å². The van der Waals surface area contributed by atoms with E-state index in [1.165, 1.54) is 12.1 Å². The molecule has 0 aliphatic rings. The van der Waals surface area contributed by atoms with Crippen LogP contribution in [0.3, 0.4) is 0 Å². The maximum Gasteiger partial charge on any atom is 0.339 e. The lowest BCUT2D eigenvalue weighted by Gasteiger charge is -2.07. The van der Waals surface area contributed by atoms with Crippen LogP contribution in [0.25, 0.3) is 0 Å². The van der Waals surface area contributed by atoms with Crippen molar-refractivity contribution in [3.05, 3.63) is 41.3 Å². The molecule has 0 amide bonds. The third kappa shape index (κ3) is 2.85. The van der Waals surface area contributed by atoms with E-state index in [4.69, 9.17) is 5.11 Å². The lowest BCUT2D eigenvalue weighted by Crippen LogP contribution is -2.11. The Morgan fingerprint density at radius 2 is 2.00 bits per heavy atom. The van der Waals surface area contributed by atoms with Gasteiger partial charge in [0.1, 0.15) is 15.5 Å². The highest BCUT2D eigenvalue weighted by Gasteiger charge is 2.16. The maximum atomic E-state index is 11.9. The molecule has 0 aliphatic heterocycles. The number of aromatic hydroxyl groups is 1. The van der Waals surface area contributed by atoms with Gasteiger partial charge < -0.3 is 10.2 Å². The lowest BCUT2D eigenvalue weighted by atomic mass is 10.2. The minimum atomic E-state index is -3.71. The molecule has 0 saturated carbocycles. The first kappa shape index (κ1) is 13.4. The molecule has 0 unspecified atom stereocenters. The van der Waals surface area contributed by atoms with Gasteiger partial charge in [-0.15, -0.1) is 11.3 Å². The summed E-state index contributed by atoms with van der Waals surface area (Å²) in [6.07, 6.45) is 0. The van der Waals surface area contributed by atoms with Gasteiger partial charge in [0, 0.05) is 6.07 Å². The highest BCUT2D eigenvalue weighted by atomic mass is 32.2. The molecule has 0 aliphatic carbocycles. The largest absolute Gasteiger partial charge is 0.507 e. The molecule has 1 aromatic carbocycles. The molecule has 0 bridgehead atoms. The predicted molar refractivity (Wildman–Crippen MR) is 70.2 cm³/mol. The van der Waals surface area contributed by atoms with Gasteiger partial charge in [-0.2, -0.15) is 0 Å². The molecule has 0 spiro atoms. The van der Waals surface area contributed by atoms with Crippen LogP contribution in [0.2, 0.25) is 0 Å². The average molecular weight is 299 g/mol. The number of hydrogen-bond acceptors (Lipinski definition) is 5. The monoisotopic (exact) mass is 299 g/mol. The standard InChI is InChI=1S/C11H9NO5S2/c13-9-6-7(3-4-8(9)11(14)15)12-19(16,17)10-2-1-5-18-10/h1-6,12-13H,(H,14,15).